The van der Waals surface area contributed by atoms with Crippen molar-refractivity contribution in [3.05, 3.63) is 0 Å². The van der Waals surface area contributed by atoms with Crippen molar-refractivity contribution >= 4 is 5.91 Å². The summed E-state index contributed by atoms with van der Waals surface area (Å²) in [5.41, 5.74) is 0. The van der Waals surface area contributed by atoms with E-state index in [9.17, 15) is 4.79 Å². The minimum absolute atomic E-state index is 0.390. The third-order valence-electron chi connectivity index (χ3n) is 3.86. The number of hydrogen-bond donors (Lipinski definition) is 1. The van der Waals surface area contributed by atoms with Crippen molar-refractivity contribution < 1.29 is 4.79 Å². The van der Waals surface area contributed by atoms with Crippen LogP contribution in [-0.2, 0) is 4.79 Å². The number of nitrogens with zero attached hydrogens (tertiary/aromatic N) is 1. The molecule has 1 aliphatic heterocycles. The molecular weight excluding hydrogens is 212 g/mol. The summed E-state index contributed by atoms with van der Waals surface area (Å²) >= 11 is 0. The summed E-state index contributed by atoms with van der Waals surface area (Å²) in [6.45, 7) is 5.15. The zero-order chi connectivity index (χ0) is 12.1. The molecule has 0 aromatic carbocycles. The van der Waals surface area contributed by atoms with Gasteiger partial charge in [-0.05, 0) is 44.6 Å². The smallest absolute Gasteiger partial charge is 0.222 e. The third kappa shape index (κ3) is 4.30. The van der Waals surface area contributed by atoms with Crippen LogP contribution in [-0.4, -0.2) is 36.5 Å². The van der Waals surface area contributed by atoms with Crippen LogP contribution in [0.5, 0.6) is 0 Å². The molecule has 0 aromatic heterocycles. The highest BCUT2D eigenvalue weighted by Crippen LogP contribution is 2.32. The molecular formula is C14H26N2O. The fourth-order valence-corrected chi connectivity index (χ4v) is 2.63. The number of rotatable bonds is 6. The van der Waals surface area contributed by atoms with Gasteiger partial charge in [0.15, 0.2) is 0 Å². The lowest BCUT2D eigenvalue weighted by atomic mass is 10.0. The first kappa shape index (κ1) is 12.9. The van der Waals surface area contributed by atoms with Gasteiger partial charge in [-0.15, -0.1) is 0 Å². The maximum atomic E-state index is 12.2. The molecule has 1 heterocycles. The Morgan fingerprint density at radius 1 is 1.29 bits per heavy atom. The number of carbonyl (C=O) groups is 1. The summed E-state index contributed by atoms with van der Waals surface area (Å²) < 4.78 is 0. The van der Waals surface area contributed by atoms with Crippen LogP contribution in [0, 0.1) is 5.92 Å². The van der Waals surface area contributed by atoms with E-state index in [1.807, 2.05) is 0 Å². The quantitative estimate of drug-likeness (QED) is 0.769. The first-order valence-corrected chi connectivity index (χ1v) is 7.30. The summed E-state index contributed by atoms with van der Waals surface area (Å²) in [5, 5.41) is 3.54. The van der Waals surface area contributed by atoms with Gasteiger partial charge in [0.2, 0.25) is 5.91 Å². The van der Waals surface area contributed by atoms with Gasteiger partial charge < -0.3 is 10.2 Å². The lowest BCUT2D eigenvalue weighted by molar-refractivity contribution is -0.132. The lowest BCUT2D eigenvalue weighted by Crippen LogP contribution is -2.46. The fraction of sp³-hybridized carbons (Fsp3) is 0.929. The first-order valence-electron chi connectivity index (χ1n) is 7.30. The third-order valence-corrected chi connectivity index (χ3v) is 3.86. The van der Waals surface area contributed by atoms with E-state index in [4.69, 9.17) is 0 Å². The van der Waals surface area contributed by atoms with Crippen molar-refractivity contribution in [2.75, 3.05) is 19.6 Å². The summed E-state index contributed by atoms with van der Waals surface area (Å²) in [6, 6.07) is 0.540. The number of nitrogens with one attached hydrogen (secondary N) is 1. The Morgan fingerprint density at radius 2 is 2.12 bits per heavy atom. The van der Waals surface area contributed by atoms with E-state index in [-0.39, 0.29) is 0 Å². The SMILES string of the molecule is CCCN(CC1CCCCN1)C(=O)CC1CC1. The van der Waals surface area contributed by atoms with E-state index in [1.165, 1.54) is 32.1 Å². The van der Waals surface area contributed by atoms with Crippen molar-refractivity contribution in [3.8, 4) is 0 Å². The average Bonchev–Trinajstić information content (AvgIpc) is 3.14. The first-order chi connectivity index (χ1) is 8.29. The Morgan fingerprint density at radius 3 is 2.71 bits per heavy atom. The van der Waals surface area contributed by atoms with Crippen molar-refractivity contribution in [2.45, 2.75) is 57.9 Å². The van der Waals surface area contributed by atoms with Gasteiger partial charge in [0.05, 0.1) is 0 Å². The van der Waals surface area contributed by atoms with Crippen molar-refractivity contribution in [3.63, 3.8) is 0 Å². The van der Waals surface area contributed by atoms with Crippen LogP contribution in [0.1, 0.15) is 51.9 Å². The van der Waals surface area contributed by atoms with Crippen LogP contribution in [0.3, 0.4) is 0 Å². The Labute approximate surface area is 105 Å². The maximum absolute atomic E-state index is 12.2. The molecule has 1 saturated heterocycles. The number of piperidine rings is 1. The minimum atomic E-state index is 0.390. The second-order valence-electron chi connectivity index (χ2n) is 5.63. The van der Waals surface area contributed by atoms with E-state index in [0.717, 1.165) is 32.5 Å². The van der Waals surface area contributed by atoms with E-state index < -0.39 is 0 Å². The van der Waals surface area contributed by atoms with Gasteiger partial charge in [-0.25, -0.2) is 0 Å². The molecule has 3 heteroatoms. The monoisotopic (exact) mass is 238 g/mol. The van der Waals surface area contributed by atoms with Crippen LogP contribution in [0.15, 0.2) is 0 Å². The highest BCUT2D eigenvalue weighted by atomic mass is 16.2. The normalized spacial score (nSPS) is 24.6. The molecule has 1 atom stereocenters. The van der Waals surface area contributed by atoms with Gasteiger partial charge >= 0.3 is 0 Å². The van der Waals surface area contributed by atoms with E-state index in [2.05, 4.69) is 17.1 Å². The summed E-state index contributed by atoms with van der Waals surface area (Å²) in [5.74, 6) is 1.10. The molecule has 17 heavy (non-hydrogen) atoms. The van der Waals surface area contributed by atoms with Gasteiger partial charge in [-0.3, -0.25) is 4.79 Å². The molecule has 1 unspecified atom stereocenters. The molecule has 1 aliphatic carbocycles. The predicted molar refractivity (Wildman–Crippen MR) is 69.9 cm³/mol. The minimum Gasteiger partial charge on any atom is -0.341 e. The van der Waals surface area contributed by atoms with E-state index in [0.29, 0.717) is 17.9 Å². The van der Waals surface area contributed by atoms with Gasteiger partial charge in [0, 0.05) is 25.6 Å². The highest BCUT2D eigenvalue weighted by Gasteiger charge is 2.27. The zero-order valence-corrected chi connectivity index (χ0v) is 11.1. The van der Waals surface area contributed by atoms with Crippen LogP contribution in [0.4, 0.5) is 0 Å². The van der Waals surface area contributed by atoms with Crippen molar-refractivity contribution in [1.82, 2.24) is 10.2 Å². The van der Waals surface area contributed by atoms with Crippen LogP contribution in [0.25, 0.3) is 0 Å². The van der Waals surface area contributed by atoms with Crippen LogP contribution in [0.2, 0.25) is 0 Å². The van der Waals surface area contributed by atoms with Gasteiger partial charge in [-0.2, -0.15) is 0 Å². The molecule has 0 aromatic rings. The van der Waals surface area contributed by atoms with E-state index in [1.54, 1.807) is 0 Å². The van der Waals surface area contributed by atoms with Crippen LogP contribution >= 0.6 is 0 Å². The van der Waals surface area contributed by atoms with Crippen molar-refractivity contribution in [2.24, 2.45) is 5.92 Å². The Bertz CT molecular complexity index is 245. The molecule has 1 N–H and O–H groups in total. The number of carbonyl (C=O) groups excluding carboxylic acids is 1. The predicted octanol–water partition coefficient (Wildman–Crippen LogP) is 2.17. The van der Waals surface area contributed by atoms with Crippen molar-refractivity contribution in [1.29, 1.82) is 0 Å². The summed E-state index contributed by atoms with van der Waals surface area (Å²) in [7, 11) is 0. The molecule has 0 radical (unpaired) electrons. The topological polar surface area (TPSA) is 32.3 Å². The second kappa shape index (κ2) is 6.39. The molecule has 2 rings (SSSR count). The Balaban J connectivity index is 1.79. The Kier molecular flexibility index (Phi) is 4.84. The van der Waals surface area contributed by atoms with Crippen LogP contribution < -0.4 is 5.32 Å². The number of hydrogen-bond acceptors (Lipinski definition) is 2. The van der Waals surface area contributed by atoms with Gasteiger partial charge in [0.25, 0.3) is 0 Å². The largest absolute Gasteiger partial charge is 0.341 e. The molecule has 2 fully saturated rings. The fourth-order valence-electron chi connectivity index (χ4n) is 2.63. The standard InChI is InChI=1S/C14H26N2O/c1-2-9-16(14(17)10-12-6-7-12)11-13-5-3-4-8-15-13/h12-13,15H,2-11H2,1H3. The van der Waals surface area contributed by atoms with Gasteiger partial charge in [-0.1, -0.05) is 13.3 Å². The molecule has 2 aliphatic rings. The molecule has 98 valence electrons. The summed E-state index contributed by atoms with van der Waals surface area (Å²) in [4.78, 5) is 14.3. The molecule has 1 amide bonds. The molecule has 0 spiro atoms. The van der Waals surface area contributed by atoms with Gasteiger partial charge in [0.1, 0.15) is 0 Å². The number of amides is 1. The second-order valence-corrected chi connectivity index (χ2v) is 5.63. The lowest BCUT2D eigenvalue weighted by Gasteiger charge is -2.30. The molecule has 0 bridgehead atoms. The molecule has 3 nitrogen and oxygen atoms in total. The highest BCUT2D eigenvalue weighted by molar-refractivity contribution is 5.76. The Hall–Kier alpha value is -0.570. The van der Waals surface area contributed by atoms with E-state index >= 15 is 0 Å². The summed E-state index contributed by atoms with van der Waals surface area (Å²) in [6.07, 6.45) is 8.25. The zero-order valence-electron chi connectivity index (χ0n) is 11.1. The average molecular weight is 238 g/mol. The maximum Gasteiger partial charge on any atom is 0.222 e. The molecule has 1 saturated carbocycles.